The number of piperidine rings is 1. The number of carbonyl (C=O) groups is 1. The molecule has 2 rings (SSSR count). The van der Waals surface area contributed by atoms with E-state index in [4.69, 9.17) is 4.42 Å². The number of rotatable bonds is 2. The molecule has 1 aliphatic heterocycles. The van der Waals surface area contributed by atoms with Crippen LogP contribution in [0.25, 0.3) is 0 Å². The van der Waals surface area contributed by atoms with E-state index in [-0.39, 0.29) is 0 Å². The van der Waals surface area contributed by atoms with Gasteiger partial charge in [0.25, 0.3) is 0 Å². The Bertz CT molecular complexity index is 344. The van der Waals surface area contributed by atoms with E-state index >= 15 is 0 Å². The van der Waals surface area contributed by atoms with E-state index in [1.54, 1.807) is 6.07 Å². The molecule has 0 N–H and O–H groups in total. The van der Waals surface area contributed by atoms with Gasteiger partial charge in [-0.15, -0.1) is 0 Å². The van der Waals surface area contributed by atoms with Crippen LogP contribution >= 0.6 is 0 Å². The van der Waals surface area contributed by atoms with Crippen LogP contribution in [-0.4, -0.2) is 19.4 Å². The molecule has 1 fully saturated rings. The quantitative estimate of drug-likeness (QED) is 0.699. The molecule has 0 atom stereocenters. The van der Waals surface area contributed by atoms with Crippen LogP contribution in [0.2, 0.25) is 0 Å². The van der Waals surface area contributed by atoms with Crippen LogP contribution in [0.4, 0.5) is 5.88 Å². The van der Waals surface area contributed by atoms with Crippen molar-refractivity contribution in [2.45, 2.75) is 26.7 Å². The molecule has 0 saturated carbocycles. The van der Waals surface area contributed by atoms with Crippen LogP contribution in [-0.2, 0) is 0 Å². The first-order valence-electron chi connectivity index (χ1n) is 5.41. The Morgan fingerprint density at radius 1 is 1.33 bits per heavy atom. The molecule has 3 nitrogen and oxygen atoms in total. The second-order valence-corrected chi connectivity index (χ2v) is 4.95. The van der Waals surface area contributed by atoms with Gasteiger partial charge in [-0.25, -0.2) is 0 Å². The van der Waals surface area contributed by atoms with Gasteiger partial charge in [-0.3, -0.25) is 4.79 Å². The number of anilines is 1. The van der Waals surface area contributed by atoms with Gasteiger partial charge in [0, 0.05) is 19.2 Å². The molecule has 0 amide bonds. The third-order valence-electron chi connectivity index (χ3n) is 3.16. The van der Waals surface area contributed by atoms with Gasteiger partial charge in [-0.05, 0) is 24.3 Å². The first-order chi connectivity index (χ1) is 7.11. The Kier molecular flexibility index (Phi) is 2.55. The molecule has 1 saturated heterocycles. The van der Waals surface area contributed by atoms with E-state index in [2.05, 4.69) is 18.7 Å². The van der Waals surface area contributed by atoms with Crippen molar-refractivity contribution in [3.63, 3.8) is 0 Å². The summed E-state index contributed by atoms with van der Waals surface area (Å²) in [7, 11) is 0. The third-order valence-corrected chi connectivity index (χ3v) is 3.16. The van der Waals surface area contributed by atoms with E-state index in [9.17, 15) is 4.79 Å². The lowest BCUT2D eigenvalue weighted by Gasteiger charge is -2.36. The SMILES string of the molecule is CC1(C)CCN(c2ccc(C=O)o2)CC1. The highest BCUT2D eigenvalue weighted by Crippen LogP contribution is 2.32. The Morgan fingerprint density at radius 2 is 2.00 bits per heavy atom. The summed E-state index contributed by atoms with van der Waals surface area (Å²) in [6, 6.07) is 3.60. The first kappa shape index (κ1) is 10.3. The molecular formula is C12H17NO2. The lowest BCUT2D eigenvalue weighted by atomic mass is 9.83. The second kappa shape index (κ2) is 3.72. The van der Waals surface area contributed by atoms with E-state index in [1.165, 1.54) is 12.8 Å². The molecule has 1 aromatic rings. The summed E-state index contributed by atoms with van der Waals surface area (Å²) >= 11 is 0. The van der Waals surface area contributed by atoms with E-state index in [0.29, 0.717) is 11.2 Å². The lowest BCUT2D eigenvalue weighted by molar-refractivity contribution is 0.110. The Hall–Kier alpha value is -1.25. The fourth-order valence-corrected chi connectivity index (χ4v) is 1.91. The zero-order valence-electron chi connectivity index (χ0n) is 9.32. The molecule has 3 heteroatoms. The van der Waals surface area contributed by atoms with Crippen molar-refractivity contribution in [3.8, 4) is 0 Å². The van der Waals surface area contributed by atoms with Gasteiger partial charge < -0.3 is 9.32 Å². The van der Waals surface area contributed by atoms with Gasteiger partial charge in [-0.2, -0.15) is 0 Å². The van der Waals surface area contributed by atoms with Gasteiger partial charge >= 0.3 is 0 Å². The van der Waals surface area contributed by atoms with Crippen LogP contribution in [0.15, 0.2) is 16.5 Å². The topological polar surface area (TPSA) is 33.5 Å². The molecule has 1 aliphatic rings. The molecular weight excluding hydrogens is 190 g/mol. The van der Waals surface area contributed by atoms with Crippen molar-refractivity contribution in [3.05, 3.63) is 17.9 Å². The van der Waals surface area contributed by atoms with Gasteiger partial charge in [0.1, 0.15) is 0 Å². The monoisotopic (exact) mass is 207 g/mol. The molecule has 15 heavy (non-hydrogen) atoms. The fraction of sp³-hybridized carbons (Fsp3) is 0.583. The van der Waals surface area contributed by atoms with Crippen LogP contribution in [0.3, 0.4) is 0 Å². The molecule has 1 aromatic heterocycles. The molecule has 2 heterocycles. The fourth-order valence-electron chi connectivity index (χ4n) is 1.91. The van der Waals surface area contributed by atoms with E-state index < -0.39 is 0 Å². The molecule has 0 spiro atoms. The molecule has 0 unspecified atom stereocenters. The summed E-state index contributed by atoms with van der Waals surface area (Å²) in [6.45, 7) is 6.62. The summed E-state index contributed by atoms with van der Waals surface area (Å²) in [4.78, 5) is 12.7. The Balaban J connectivity index is 2.04. The molecule has 82 valence electrons. The number of hydrogen-bond acceptors (Lipinski definition) is 3. The minimum absolute atomic E-state index is 0.412. The largest absolute Gasteiger partial charge is 0.438 e. The standard InChI is InChI=1S/C12H17NO2/c1-12(2)5-7-13(8-6-12)11-4-3-10(9-14)15-11/h3-4,9H,5-8H2,1-2H3. The molecule has 0 bridgehead atoms. The highest BCUT2D eigenvalue weighted by Gasteiger charge is 2.26. The van der Waals surface area contributed by atoms with Gasteiger partial charge in [0.15, 0.2) is 17.9 Å². The Morgan fingerprint density at radius 3 is 2.53 bits per heavy atom. The summed E-state index contributed by atoms with van der Waals surface area (Å²) in [5.41, 5.74) is 0.441. The highest BCUT2D eigenvalue weighted by molar-refractivity contribution is 5.71. The number of hydrogen-bond donors (Lipinski definition) is 0. The first-order valence-corrected chi connectivity index (χ1v) is 5.41. The number of furan rings is 1. The number of nitrogens with zero attached hydrogens (tertiary/aromatic N) is 1. The van der Waals surface area contributed by atoms with E-state index in [0.717, 1.165) is 25.3 Å². The minimum atomic E-state index is 0.412. The minimum Gasteiger partial charge on any atom is -0.438 e. The van der Waals surface area contributed by atoms with Crippen LogP contribution in [0.1, 0.15) is 37.2 Å². The Labute approximate surface area is 90.1 Å². The van der Waals surface area contributed by atoms with Crippen molar-refractivity contribution < 1.29 is 9.21 Å². The predicted molar refractivity (Wildman–Crippen MR) is 59.3 cm³/mol. The summed E-state index contributed by atoms with van der Waals surface area (Å²) in [5, 5.41) is 0. The summed E-state index contributed by atoms with van der Waals surface area (Å²) < 4.78 is 5.40. The normalized spacial score (nSPS) is 20.3. The maximum Gasteiger partial charge on any atom is 0.196 e. The zero-order valence-corrected chi connectivity index (χ0v) is 9.32. The van der Waals surface area contributed by atoms with Gasteiger partial charge in [0.2, 0.25) is 0 Å². The summed E-state index contributed by atoms with van der Waals surface area (Å²) in [5.74, 6) is 1.24. The van der Waals surface area contributed by atoms with Crippen molar-refractivity contribution in [2.24, 2.45) is 5.41 Å². The van der Waals surface area contributed by atoms with Crippen LogP contribution in [0.5, 0.6) is 0 Å². The highest BCUT2D eigenvalue weighted by atomic mass is 16.4. The summed E-state index contributed by atoms with van der Waals surface area (Å²) in [6.07, 6.45) is 3.09. The molecule has 0 aliphatic carbocycles. The van der Waals surface area contributed by atoms with Crippen LogP contribution < -0.4 is 4.90 Å². The molecule has 0 radical (unpaired) electrons. The average molecular weight is 207 g/mol. The second-order valence-electron chi connectivity index (χ2n) is 4.95. The number of carbonyl (C=O) groups excluding carboxylic acids is 1. The third kappa shape index (κ3) is 2.22. The van der Waals surface area contributed by atoms with Crippen molar-refractivity contribution in [1.29, 1.82) is 0 Å². The van der Waals surface area contributed by atoms with Gasteiger partial charge in [-0.1, -0.05) is 13.8 Å². The van der Waals surface area contributed by atoms with Crippen molar-refractivity contribution in [2.75, 3.05) is 18.0 Å². The number of aldehydes is 1. The smallest absolute Gasteiger partial charge is 0.196 e. The van der Waals surface area contributed by atoms with Crippen LogP contribution in [0, 0.1) is 5.41 Å². The maximum absolute atomic E-state index is 10.5. The average Bonchev–Trinajstić information content (AvgIpc) is 2.66. The van der Waals surface area contributed by atoms with E-state index in [1.807, 2.05) is 6.07 Å². The van der Waals surface area contributed by atoms with Crippen molar-refractivity contribution >= 4 is 12.2 Å². The maximum atomic E-state index is 10.5. The lowest BCUT2D eigenvalue weighted by Crippen LogP contribution is -2.37. The zero-order chi connectivity index (χ0) is 10.9. The van der Waals surface area contributed by atoms with Crippen molar-refractivity contribution in [1.82, 2.24) is 0 Å². The predicted octanol–water partition coefficient (Wildman–Crippen LogP) is 2.72. The molecule has 0 aromatic carbocycles. The van der Waals surface area contributed by atoms with Gasteiger partial charge in [0.05, 0.1) is 0 Å².